The zero-order chi connectivity index (χ0) is 17.3. The van der Waals surface area contributed by atoms with Crippen molar-refractivity contribution in [1.29, 1.82) is 0 Å². The SMILES string of the molecule is CC(c1ccccc1)N(C)S(=O)(=O)c1ccc(O)c2ncccc12. The maximum atomic E-state index is 13.1. The highest BCUT2D eigenvalue weighted by atomic mass is 32.2. The summed E-state index contributed by atoms with van der Waals surface area (Å²) in [5.41, 5.74) is 1.18. The molecule has 0 saturated carbocycles. The molecule has 0 aliphatic carbocycles. The summed E-state index contributed by atoms with van der Waals surface area (Å²) in [4.78, 5) is 4.22. The number of benzene rings is 2. The Hall–Kier alpha value is -2.44. The Balaban J connectivity index is 2.10. The number of phenolic OH excluding ortho intramolecular Hbond substituents is 1. The molecule has 0 aliphatic heterocycles. The summed E-state index contributed by atoms with van der Waals surface area (Å²) >= 11 is 0. The van der Waals surface area contributed by atoms with Crippen LogP contribution in [0.4, 0.5) is 0 Å². The van der Waals surface area contributed by atoms with Crippen LogP contribution in [0.5, 0.6) is 5.75 Å². The molecule has 3 rings (SSSR count). The predicted octanol–water partition coefficient (Wildman–Crippen LogP) is 3.32. The zero-order valence-electron chi connectivity index (χ0n) is 13.4. The number of aromatic nitrogens is 1. The van der Waals surface area contributed by atoms with Gasteiger partial charge in [0.1, 0.15) is 11.3 Å². The molecule has 3 aromatic rings. The molecule has 0 fully saturated rings. The fourth-order valence-corrected chi connectivity index (χ4v) is 4.19. The van der Waals surface area contributed by atoms with Gasteiger partial charge in [0.15, 0.2) is 0 Å². The van der Waals surface area contributed by atoms with Gasteiger partial charge < -0.3 is 5.11 Å². The van der Waals surface area contributed by atoms with E-state index in [1.54, 1.807) is 19.2 Å². The highest BCUT2D eigenvalue weighted by Gasteiger charge is 2.28. The number of sulfonamides is 1. The lowest BCUT2D eigenvalue weighted by Crippen LogP contribution is -2.30. The van der Waals surface area contributed by atoms with Crippen LogP contribution < -0.4 is 0 Å². The molecule has 6 heteroatoms. The Kier molecular flexibility index (Phi) is 4.26. The van der Waals surface area contributed by atoms with Crippen LogP contribution in [0.25, 0.3) is 10.9 Å². The summed E-state index contributed by atoms with van der Waals surface area (Å²) in [6.07, 6.45) is 1.52. The van der Waals surface area contributed by atoms with Gasteiger partial charge in [0.05, 0.1) is 4.90 Å². The number of nitrogens with zero attached hydrogens (tertiary/aromatic N) is 2. The summed E-state index contributed by atoms with van der Waals surface area (Å²) in [6.45, 7) is 1.84. The molecule has 1 unspecified atom stereocenters. The molecule has 5 nitrogen and oxygen atoms in total. The van der Waals surface area contributed by atoms with Gasteiger partial charge in [-0.25, -0.2) is 8.42 Å². The highest BCUT2D eigenvalue weighted by Crippen LogP contribution is 2.32. The molecule has 0 aliphatic rings. The Labute approximate surface area is 141 Å². The van der Waals surface area contributed by atoms with E-state index in [-0.39, 0.29) is 22.2 Å². The van der Waals surface area contributed by atoms with Crippen molar-refractivity contribution in [1.82, 2.24) is 9.29 Å². The van der Waals surface area contributed by atoms with Crippen LogP contribution in [0.2, 0.25) is 0 Å². The van der Waals surface area contributed by atoms with E-state index in [9.17, 15) is 13.5 Å². The van der Waals surface area contributed by atoms with Gasteiger partial charge in [-0.2, -0.15) is 4.31 Å². The number of phenols is 1. The van der Waals surface area contributed by atoms with Gasteiger partial charge in [0.2, 0.25) is 10.0 Å². The van der Waals surface area contributed by atoms with E-state index in [4.69, 9.17) is 0 Å². The Morgan fingerprint density at radius 3 is 2.46 bits per heavy atom. The number of hydrogen-bond donors (Lipinski definition) is 1. The van der Waals surface area contributed by atoms with Gasteiger partial charge in [0.25, 0.3) is 0 Å². The van der Waals surface area contributed by atoms with Gasteiger partial charge in [-0.1, -0.05) is 30.3 Å². The minimum atomic E-state index is -3.75. The van der Waals surface area contributed by atoms with Crippen molar-refractivity contribution in [2.24, 2.45) is 0 Å². The van der Waals surface area contributed by atoms with Gasteiger partial charge in [-0.05, 0) is 36.8 Å². The molecule has 0 saturated heterocycles. The third kappa shape index (κ3) is 2.74. The van der Waals surface area contributed by atoms with Crippen LogP contribution in [0, 0.1) is 0 Å². The maximum absolute atomic E-state index is 13.1. The number of aromatic hydroxyl groups is 1. The van der Waals surface area contributed by atoms with Crippen molar-refractivity contribution in [2.75, 3.05) is 7.05 Å². The summed E-state index contributed by atoms with van der Waals surface area (Å²) < 4.78 is 27.5. The largest absolute Gasteiger partial charge is 0.506 e. The van der Waals surface area contributed by atoms with E-state index < -0.39 is 10.0 Å². The summed E-state index contributed by atoms with van der Waals surface area (Å²) in [7, 11) is -2.19. The number of hydrogen-bond acceptors (Lipinski definition) is 4. The second-order valence-corrected chi connectivity index (χ2v) is 7.56. The summed E-state index contributed by atoms with van der Waals surface area (Å²) in [6, 6.07) is 15.2. The third-order valence-electron chi connectivity index (χ3n) is 4.19. The molecule has 1 atom stereocenters. The zero-order valence-corrected chi connectivity index (χ0v) is 14.2. The van der Waals surface area contributed by atoms with Crippen LogP contribution in [0.3, 0.4) is 0 Å². The molecule has 2 aromatic carbocycles. The van der Waals surface area contributed by atoms with Crippen LogP contribution in [0.1, 0.15) is 18.5 Å². The number of pyridine rings is 1. The Morgan fingerprint density at radius 2 is 1.75 bits per heavy atom. The van der Waals surface area contributed by atoms with Crippen molar-refractivity contribution in [2.45, 2.75) is 17.9 Å². The van der Waals surface area contributed by atoms with Crippen LogP contribution in [0.15, 0.2) is 65.7 Å². The molecule has 24 heavy (non-hydrogen) atoms. The first kappa shape index (κ1) is 16.4. The fourth-order valence-electron chi connectivity index (χ4n) is 2.66. The van der Waals surface area contributed by atoms with E-state index in [0.717, 1.165) is 5.56 Å². The van der Waals surface area contributed by atoms with Gasteiger partial charge >= 0.3 is 0 Å². The minimum Gasteiger partial charge on any atom is -0.506 e. The van der Waals surface area contributed by atoms with Crippen molar-refractivity contribution in [3.63, 3.8) is 0 Å². The molecule has 1 N–H and O–H groups in total. The van der Waals surface area contributed by atoms with Crippen LogP contribution in [-0.2, 0) is 10.0 Å². The molecule has 0 spiro atoms. The quantitative estimate of drug-likeness (QED) is 0.789. The lowest BCUT2D eigenvalue weighted by Gasteiger charge is -2.25. The van der Waals surface area contributed by atoms with Crippen molar-refractivity contribution >= 4 is 20.9 Å². The fraction of sp³-hybridized carbons (Fsp3) is 0.167. The van der Waals surface area contributed by atoms with Crippen LogP contribution >= 0.6 is 0 Å². The first-order chi connectivity index (χ1) is 11.4. The lowest BCUT2D eigenvalue weighted by molar-refractivity contribution is 0.399. The predicted molar refractivity (Wildman–Crippen MR) is 93.2 cm³/mol. The van der Waals surface area contributed by atoms with E-state index in [0.29, 0.717) is 5.39 Å². The summed E-state index contributed by atoms with van der Waals surface area (Å²) in [5.74, 6) is -0.0386. The topological polar surface area (TPSA) is 70.5 Å². The second kappa shape index (κ2) is 6.22. The molecule has 1 heterocycles. The molecular weight excluding hydrogens is 324 g/mol. The van der Waals surface area contributed by atoms with Gasteiger partial charge in [0, 0.05) is 24.7 Å². The Morgan fingerprint density at radius 1 is 1.04 bits per heavy atom. The van der Waals surface area contributed by atoms with E-state index in [2.05, 4.69) is 4.98 Å². The molecule has 0 bridgehead atoms. The third-order valence-corrected chi connectivity index (χ3v) is 6.18. The van der Waals surface area contributed by atoms with Crippen LogP contribution in [-0.4, -0.2) is 29.9 Å². The van der Waals surface area contributed by atoms with Crippen molar-refractivity contribution < 1.29 is 13.5 Å². The summed E-state index contributed by atoms with van der Waals surface area (Å²) in [5, 5.41) is 10.3. The highest BCUT2D eigenvalue weighted by molar-refractivity contribution is 7.89. The average Bonchev–Trinajstić information content (AvgIpc) is 2.61. The van der Waals surface area contributed by atoms with Crippen molar-refractivity contribution in [3.8, 4) is 5.75 Å². The smallest absolute Gasteiger partial charge is 0.244 e. The number of rotatable bonds is 4. The Bertz CT molecular complexity index is 972. The lowest BCUT2D eigenvalue weighted by atomic mass is 10.1. The minimum absolute atomic E-state index is 0.0386. The van der Waals surface area contributed by atoms with E-state index in [1.165, 1.54) is 22.6 Å². The van der Waals surface area contributed by atoms with Gasteiger partial charge in [-0.15, -0.1) is 0 Å². The average molecular weight is 342 g/mol. The first-order valence-electron chi connectivity index (χ1n) is 7.52. The molecular formula is C18H18N2O3S. The second-order valence-electron chi connectivity index (χ2n) is 5.59. The number of fused-ring (bicyclic) bond motifs is 1. The molecule has 0 radical (unpaired) electrons. The normalized spacial score (nSPS) is 13.3. The maximum Gasteiger partial charge on any atom is 0.244 e. The molecule has 0 amide bonds. The monoisotopic (exact) mass is 342 g/mol. The first-order valence-corrected chi connectivity index (χ1v) is 8.96. The van der Waals surface area contributed by atoms with E-state index >= 15 is 0 Å². The molecule has 1 aromatic heterocycles. The molecule has 124 valence electrons. The van der Waals surface area contributed by atoms with E-state index in [1.807, 2.05) is 37.3 Å². The van der Waals surface area contributed by atoms with Gasteiger partial charge in [-0.3, -0.25) is 4.98 Å². The standard InChI is InChI=1S/C18H18N2O3S/c1-13(14-7-4-3-5-8-14)20(2)24(22,23)17-11-10-16(21)18-15(17)9-6-12-19-18/h3-13,21H,1-2H3. The van der Waals surface area contributed by atoms with Crippen molar-refractivity contribution in [3.05, 3.63) is 66.4 Å².